The van der Waals surface area contributed by atoms with Crippen LogP contribution < -0.4 is 15.4 Å². The van der Waals surface area contributed by atoms with Crippen molar-refractivity contribution in [2.75, 3.05) is 13.2 Å². The van der Waals surface area contributed by atoms with Crippen molar-refractivity contribution in [1.82, 2.24) is 10.6 Å². The molecule has 1 fully saturated rings. The van der Waals surface area contributed by atoms with Crippen LogP contribution in [0.5, 0.6) is 5.75 Å². The Kier molecular flexibility index (Phi) is 4.44. The summed E-state index contributed by atoms with van der Waals surface area (Å²) in [6.45, 7) is 3.90. The fourth-order valence-corrected chi connectivity index (χ4v) is 3.33. The molecule has 1 aromatic rings. The molecular formula is C17H24N2O2. The first-order chi connectivity index (χ1) is 10.3. The smallest absolute Gasteiger partial charge is 0.251 e. The minimum Gasteiger partial charge on any atom is -0.493 e. The lowest BCUT2D eigenvalue weighted by Crippen LogP contribution is -2.42. The summed E-state index contributed by atoms with van der Waals surface area (Å²) >= 11 is 0. The normalized spacial score (nSPS) is 24.2. The van der Waals surface area contributed by atoms with Crippen molar-refractivity contribution in [2.45, 2.75) is 51.1 Å². The van der Waals surface area contributed by atoms with E-state index in [1.807, 2.05) is 18.2 Å². The average Bonchev–Trinajstić information content (AvgIpc) is 2.97. The second-order valence-corrected chi connectivity index (χ2v) is 6.00. The maximum absolute atomic E-state index is 12.4. The van der Waals surface area contributed by atoms with E-state index in [-0.39, 0.29) is 5.91 Å². The van der Waals surface area contributed by atoms with Gasteiger partial charge >= 0.3 is 0 Å². The summed E-state index contributed by atoms with van der Waals surface area (Å²) in [4.78, 5) is 12.4. The van der Waals surface area contributed by atoms with Gasteiger partial charge in [0.2, 0.25) is 0 Å². The third-order valence-corrected chi connectivity index (χ3v) is 4.51. The first-order valence-corrected chi connectivity index (χ1v) is 8.06. The molecule has 0 aromatic heterocycles. The molecule has 1 amide bonds. The second-order valence-electron chi connectivity index (χ2n) is 6.00. The SMILES string of the molecule is CCNC1CCC(NC(=O)c2ccc3c(c2)CCO3)CC1. The number of amides is 1. The molecule has 1 aromatic carbocycles. The highest BCUT2D eigenvalue weighted by molar-refractivity contribution is 5.94. The monoisotopic (exact) mass is 288 g/mol. The van der Waals surface area contributed by atoms with Gasteiger partial charge in [0.15, 0.2) is 0 Å². The van der Waals surface area contributed by atoms with Crippen LogP contribution in [0.4, 0.5) is 0 Å². The van der Waals surface area contributed by atoms with Gasteiger partial charge in [-0.1, -0.05) is 6.92 Å². The summed E-state index contributed by atoms with van der Waals surface area (Å²) in [7, 11) is 0. The standard InChI is InChI=1S/C17H24N2O2/c1-2-18-14-4-6-15(7-5-14)19-17(20)13-3-8-16-12(11-13)9-10-21-16/h3,8,11,14-15,18H,2,4-7,9-10H2,1H3,(H,19,20). The molecule has 1 saturated carbocycles. The van der Waals surface area contributed by atoms with E-state index < -0.39 is 0 Å². The number of benzene rings is 1. The molecule has 0 bridgehead atoms. The highest BCUT2D eigenvalue weighted by atomic mass is 16.5. The molecule has 0 atom stereocenters. The zero-order valence-electron chi connectivity index (χ0n) is 12.7. The van der Waals surface area contributed by atoms with Crippen LogP contribution in [0, 0.1) is 0 Å². The Morgan fingerprint density at radius 3 is 2.76 bits per heavy atom. The number of nitrogens with one attached hydrogen (secondary N) is 2. The van der Waals surface area contributed by atoms with Crippen LogP contribution in [0.2, 0.25) is 0 Å². The molecule has 1 aliphatic carbocycles. The van der Waals surface area contributed by atoms with Gasteiger partial charge in [-0.25, -0.2) is 0 Å². The van der Waals surface area contributed by atoms with Gasteiger partial charge in [-0.3, -0.25) is 4.79 Å². The van der Waals surface area contributed by atoms with Crippen molar-refractivity contribution in [3.63, 3.8) is 0 Å². The first-order valence-electron chi connectivity index (χ1n) is 8.06. The molecule has 1 aliphatic heterocycles. The van der Waals surface area contributed by atoms with Crippen LogP contribution in [0.25, 0.3) is 0 Å². The Labute approximate surface area is 126 Å². The number of carbonyl (C=O) groups is 1. The van der Waals surface area contributed by atoms with Gasteiger partial charge in [0.1, 0.15) is 5.75 Å². The Morgan fingerprint density at radius 1 is 1.24 bits per heavy atom. The van der Waals surface area contributed by atoms with Gasteiger partial charge in [-0.15, -0.1) is 0 Å². The van der Waals surface area contributed by atoms with Gasteiger partial charge in [-0.2, -0.15) is 0 Å². The van der Waals surface area contributed by atoms with Crippen LogP contribution in [-0.2, 0) is 6.42 Å². The van der Waals surface area contributed by atoms with Gasteiger partial charge < -0.3 is 15.4 Å². The molecule has 2 N–H and O–H groups in total. The molecule has 0 unspecified atom stereocenters. The van der Waals surface area contributed by atoms with Gasteiger partial charge in [0.25, 0.3) is 5.91 Å². The lowest BCUT2D eigenvalue weighted by molar-refractivity contribution is 0.0924. The van der Waals surface area contributed by atoms with E-state index in [4.69, 9.17) is 4.74 Å². The molecule has 2 aliphatic rings. The summed E-state index contributed by atoms with van der Waals surface area (Å²) in [5.74, 6) is 0.981. The number of hydrogen-bond acceptors (Lipinski definition) is 3. The molecule has 0 spiro atoms. The van der Waals surface area contributed by atoms with E-state index >= 15 is 0 Å². The van der Waals surface area contributed by atoms with Crippen molar-refractivity contribution < 1.29 is 9.53 Å². The predicted octanol–water partition coefficient (Wildman–Crippen LogP) is 2.27. The van der Waals surface area contributed by atoms with Crippen LogP contribution in [-0.4, -0.2) is 31.1 Å². The molecule has 3 rings (SSSR count). The molecule has 4 heteroatoms. The number of hydrogen-bond donors (Lipinski definition) is 2. The topological polar surface area (TPSA) is 50.4 Å². The van der Waals surface area contributed by atoms with E-state index in [1.54, 1.807) is 0 Å². The molecule has 0 radical (unpaired) electrons. The summed E-state index contributed by atoms with van der Waals surface area (Å²) in [6.07, 6.45) is 5.34. The van der Waals surface area contributed by atoms with E-state index in [0.717, 1.165) is 62.1 Å². The van der Waals surface area contributed by atoms with Crippen molar-refractivity contribution in [3.8, 4) is 5.75 Å². The average molecular weight is 288 g/mol. The summed E-state index contributed by atoms with van der Waals surface area (Å²) in [5, 5.41) is 6.67. The van der Waals surface area contributed by atoms with Crippen molar-refractivity contribution >= 4 is 5.91 Å². The fraction of sp³-hybridized carbons (Fsp3) is 0.588. The Hall–Kier alpha value is -1.55. The summed E-state index contributed by atoms with van der Waals surface area (Å²) in [6, 6.07) is 6.70. The van der Waals surface area contributed by atoms with Crippen LogP contribution in [0.1, 0.15) is 48.5 Å². The Balaban J connectivity index is 1.55. The van der Waals surface area contributed by atoms with Crippen LogP contribution in [0.3, 0.4) is 0 Å². The Morgan fingerprint density at radius 2 is 2.00 bits per heavy atom. The highest BCUT2D eigenvalue weighted by Gasteiger charge is 2.22. The maximum atomic E-state index is 12.4. The van der Waals surface area contributed by atoms with Gasteiger partial charge in [0.05, 0.1) is 6.61 Å². The molecular weight excluding hydrogens is 264 g/mol. The van der Waals surface area contributed by atoms with E-state index in [2.05, 4.69) is 17.6 Å². The molecule has 0 saturated heterocycles. The highest BCUT2D eigenvalue weighted by Crippen LogP contribution is 2.26. The van der Waals surface area contributed by atoms with Gasteiger partial charge in [0, 0.05) is 24.1 Å². The summed E-state index contributed by atoms with van der Waals surface area (Å²) in [5.41, 5.74) is 1.91. The minimum atomic E-state index is 0.0524. The lowest BCUT2D eigenvalue weighted by Gasteiger charge is -2.29. The van der Waals surface area contributed by atoms with E-state index in [0.29, 0.717) is 12.1 Å². The quantitative estimate of drug-likeness (QED) is 0.893. The molecule has 114 valence electrons. The van der Waals surface area contributed by atoms with Gasteiger partial charge in [-0.05, 0) is 56.0 Å². The third kappa shape index (κ3) is 3.38. The first kappa shape index (κ1) is 14.4. The number of rotatable bonds is 4. The molecule has 21 heavy (non-hydrogen) atoms. The Bertz CT molecular complexity index is 508. The van der Waals surface area contributed by atoms with Crippen molar-refractivity contribution in [2.24, 2.45) is 0 Å². The molecule has 1 heterocycles. The number of fused-ring (bicyclic) bond motifs is 1. The predicted molar refractivity (Wildman–Crippen MR) is 82.8 cm³/mol. The maximum Gasteiger partial charge on any atom is 0.251 e. The number of ether oxygens (including phenoxy) is 1. The van der Waals surface area contributed by atoms with E-state index in [1.165, 1.54) is 0 Å². The third-order valence-electron chi connectivity index (χ3n) is 4.51. The second kappa shape index (κ2) is 6.48. The zero-order chi connectivity index (χ0) is 14.7. The minimum absolute atomic E-state index is 0.0524. The molecule has 4 nitrogen and oxygen atoms in total. The van der Waals surface area contributed by atoms with Crippen LogP contribution in [0.15, 0.2) is 18.2 Å². The zero-order valence-corrected chi connectivity index (χ0v) is 12.7. The fourth-order valence-electron chi connectivity index (χ4n) is 3.33. The van der Waals surface area contributed by atoms with E-state index in [9.17, 15) is 4.79 Å². The number of carbonyl (C=O) groups excluding carboxylic acids is 1. The van der Waals surface area contributed by atoms with Crippen molar-refractivity contribution in [3.05, 3.63) is 29.3 Å². The van der Waals surface area contributed by atoms with Crippen LogP contribution >= 0.6 is 0 Å². The summed E-state index contributed by atoms with van der Waals surface area (Å²) < 4.78 is 5.48. The van der Waals surface area contributed by atoms with Crippen molar-refractivity contribution in [1.29, 1.82) is 0 Å². The lowest BCUT2D eigenvalue weighted by atomic mass is 9.91. The largest absolute Gasteiger partial charge is 0.493 e.